The highest BCUT2D eigenvalue weighted by Gasteiger charge is 2.65. The fourth-order valence-electron chi connectivity index (χ4n) is 4.25. The topological polar surface area (TPSA) is 17.1 Å². The Balaban J connectivity index is 0.00000320. The standard InChI is InChI=1S/C26H29ClOP.ClH/c1-4-20-26(27,25(28)21(2)3)29(22-14-8-5-9-15-22,23-16-10-6-11-17-23)24-18-12-7-13-19-24;/h5-19,21H,4,20H2,1-3H3;1H/q+1;/p-1. The second-order valence-corrected chi connectivity index (χ2v) is 12.3. The highest BCUT2D eigenvalue weighted by atomic mass is 35.5. The second kappa shape index (κ2) is 10.6. The van der Waals surface area contributed by atoms with Gasteiger partial charge in [0.05, 0.1) is 0 Å². The lowest BCUT2D eigenvalue weighted by Gasteiger charge is -2.40. The van der Waals surface area contributed by atoms with E-state index in [1.54, 1.807) is 0 Å². The summed E-state index contributed by atoms with van der Waals surface area (Å²) in [6.07, 6.45) is 1.48. The molecule has 1 atom stereocenters. The Morgan fingerprint density at radius 1 is 0.800 bits per heavy atom. The summed E-state index contributed by atoms with van der Waals surface area (Å²) >= 11 is 7.61. The van der Waals surface area contributed by atoms with E-state index in [4.69, 9.17) is 11.6 Å². The second-order valence-electron chi connectivity index (χ2n) is 7.71. The predicted molar refractivity (Wildman–Crippen MR) is 128 cm³/mol. The average Bonchev–Trinajstić information content (AvgIpc) is 2.76. The van der Waals surface area contributed by atoms with Gasteiger partial charge in [-0.1, -0.05) is 93.4 Å². The molecule has 3 aromatic rings. The van der Waals surface area contributed by atoms with E-state index in [0.717, 1.165) is 22.3 Å². The van der Waals surface area contributed by atoms with Crippen molar-refractivity contribution in [1.29, 1.82) is 0 Å². The van der Waals surface area contributed by atoms with Crippen molar-refractivity contribution in [2.45, 2.75) is 38.2 Å². The smallest absolute Gasteiger partial charge is 0.223 e. The highest BCUT2D eigenvalue weighted by molar-refractivity contribution is 7.98. The summed E-state index contributed by atoms with van der Waals surface area (Å²) in [4.78, 5) is 13.8. The van der Waals surface area contributed by atoms with Crippen molar-refractivity contribution in [3.05, 3.63) is 91.0 Å². The molecule has 0 heterocycles. The van der Waals surface area contributed by atoms with Crippen molar-refractivity contribution >= 4 is 40.6 Å². The predicted octanol–water partition coefficient (Wildman–Crippen LogP) is 2.94. The molecule has 0 spiro atoms. The molecule has 0 aliphatic heterocycles. The van der Waals surface area contributed by atoms with Crippen LogP contribution < -0.4 is 28.3 Å². The molecule has 0 aromatic heterocycles. The summed E-state index contributed by atoms with van der Waals surface area (Å²) in [5, 5.41) is 3.44. The lowest BCUT2D eigenvalue weighted by Crippen LogP contribution is -3.00. The van der Waals surface area contributed by atoms with Crippen LogP contribution in [0.4, 0.5) is 0 Å². The van der Waals surface area contributed by atoms with E-state index in [0.29, 0.717) is 6.42 Å². The average molecular weight is 459 g/mol. The van der Waals surface area contributed by atoms with Crippen molar-refractivity contribution in [3.63, 3.8) is 0 Å². The molecule has 0 amide bonds. The van der Waals surface area contributed by atoms with Crippen molar-refractivity contribution in [2.24, 2.45) is 5.92 Å². The van der Waals surface area contributed by atoms with Crippen molar-refractivity contribution in [2.75, 3.05) is 0 Å². The molecular formula is C26H29Cl2OP. The minimum atomic E-state index is -2.49. The van der Waals surface area contributed by atoms with Gasteiger partial charge in [0.2, 0.25) is 4.62 Å². The quantitative estimate of drug-likeness (QED) is 0.374. The summed E-state index contributed by atoms with van der Waals surface area (Å²) in [5.41, 5.74) is 0. The molecule has 0 bridgehead atoms. The summed E-state index contributed by atoms with van der Waals surface area (Å²) in [6.45, 7) is 6.04. The third-order valence-electron chi connectivity index (χ3n) is 5.45. The van der Waals surface area contributed by atoms with Crippen LogP contribution in [0.1, 0.15) is 33.6 Å². The van der Waals surface area contributed by atoms with Crippen LogP contribution in [-0.2, 0) is 4.79 Å². The van der Waals surface area contributed by atoms with Crippen LogP contribution in [0.25, 0.3) is 0 Å². The Labute approximate surface area is 192 Å². The number of hydrogen-bond acceptors (Lipinski definition) is 1. The van der Waals surface area contributed by atoms with Gasteiger partial charge in [-0.3, -0.25) is 4.79 Å². The van der Waals surface area contributed by atoms with Gasteiger partial charge in [0.15, 0.2) is 5.78 Å². The lowest BCUT2D eigenvalue weighted by molar-refractivity contribution is -0.122. The number of hydrogen-bond donors (Lipinski definition) is 0. The molecule has 1 unspecified atom stereocenters. The van der Waals surface area contributed by atoms with E-state index >= 15 is 0 Å². The molecule has 0 N–H and O–H groups in total. The van der Waals surface area contributed by atoms with Crippen LogP contribution in [0.5, 0.6) is 0 Å². The minimum Gasteiger partial charge on any atom is -1.00 e. The van der Waals surface area contributed by atoms with Crippen LogP contribution in [0.2, 0.25) is 0 Å². The maximum Gasteiger partial charge on any atom is 0.223 e. The van der Waals surface area contributed by atoms with Gasteiger partial charge < -0.3 is 12.4 Å². The number of alkyl halides is 1. The van der Waals surface area contributed by atoms with Crippen molar-refractivity contribution in [3.8, 4) is 0 Å². The number of rotatable bonds is 8. The summed E-state index contributed by atoms with van der Waals surface area (Å²) in [5.74, 6) is -0.0135. The fourth-order valence-corrected chi connectivity index (χ4v) is 10.7. The molecule has 0 fully saturated rings. The van der Waals surface area contributed by atoms with E-state index in [9.17, 15) is 4.79 Å². The van der Waals surface area contributed by atoms with Crippen LogP contribution in [-0.4, -0.2) is 10.4 Å². The Bertz CT molecular complexity index is 832. The molecular weight excluding hydrogens is 430 g/mol. The van der Waals surface area contributed by atoms with Gasteiger partial charge in [0.25, 0.3) is 0 Å². The molecule has 0 saturated heterocycles. The van der Waals surface area contributed by atoms with E-state index in [2.05, 4.69) is 79.7 Å². The Kier molecular flexibility index (Phi) is 8.68. The first-order valence-electron chi connectivity index (χ1n) is 10.3. The zero-order valence-electron chi connectivity index (χ0n) is 17.8. The molecule has 3 rings (SSSR count). The summed E-state index contributed by atoms with van der Waals surface area (Å²) in [7, 11) is -2.49. The van der Waals surface area contributed by atoms with Gasteiger partial charge in [0, 0.05) is 12.3 Å². The van der Waals surface area contributed by atoms with Gasteiger partial charge in [0.1, 0.15) is 23.2 Å². The number of ketones is 1. The Hall–Kier alpha value is -1.66. The molecule has 158 valence electrons. The maximum absolute atomic E-state index is 13.8. The normalized spacial score (nSPS) is 13.4. The summed E-state index contributed by atoms with van der Waals surface area (Å²) in [6, 6.07) is 31.3. The van der Waals surface area contributed by atoms with E-state index < -0.39 is 11.9 Å². The molecule has 30 heavy (non-hydrogen) atoms. The molecule has 3 aromatic carbocycles. The first-order chi connectivity index (χ1) is 14.0. The number of carbonyl (C=O) groups excluding carboxylic acids is 1. The molecule has 0 aliphatic rings. The lowest BCUT2D eigenvalue weighted by atomic mass is 10.0. The monoisotopic (exact) mass is 458 g/mol. The minimum absolute atomic E-state index is 0. The molecule has 4 heteroatoms. The third-order valence-corrected chi connectivity index (χ3v) is 11.3. The van der Waals surface area contributed by atoms with Crippen molar-refractivity contribution < 1.29 is 17.2 Å². The van der Waals surface area contributed by atoms with Crippen LogP contribution >= 0.6 is 18.9 Å². The van der Waals surface area contributed by atoms with Crippen molar-refractivity contribution in [1.82, 2.24) is 0 Å². The largest absolute Gasteiger partial charge is 1.00 e. The molecule has 0 aliphatic carbocycles. The zero-order chi connectivity index (χ0) is 20.9. The zero-order valence-corrected chi connectivity index (χ0v) is 20.2. The van der Waals surface area contributed by atoms with Crippen LogP contribution in [0.3, 0.4) is 0 Å². The van der Waals surface area contributed by atoms with Gasteiger partial charge in [-0.2, -0.15) is 0 Å². The van der Waals surface area contributed by atoms with Gasteiger partial charge in [-0.25, -0.2) is 0 Å². The molecule has 1 nitrogen and oxygen atoms in total. The van der Waals surface area contributed by atoms with Gasteiger partial charge >= 0.3 is 0 Å². The highest BCUT2D eigenvalue weighted by Crippen LogP contribution is 2.70. The van der Waals surface area contributed by atoms with E-state index in [1.807, 2.05) is 32.0 Å². The SMILES string of the molecule is CCCC(Cl)(C(=O)C(C)C)[P+](c1ccccc1)(c1ccccc1)c1ccccc1.[Cl-]. The Morgan fingerprint density at radius 2 is 1.13 bits per heavy atom. The molecule has 0 saturated carbocycles. The van der Waals surface area contributed by atoms with Crippen LogP contribution in [0.15, 0.2) is 91.0 Å². The van der Waals surface area contributed by atoms with Gasteiger partial charge in [-0.05, 0) is 36.4 Å². The number of Topliss-reactive ketones (excluding diaryl/α,β-unsaturated/α-hetero) is 1. The maximum atomic E-state index is 13.8. The van der Waals surface area contributed by atoms with E-state index in [-0.39, 0.29) is 24.1 Å². The summed E-state index contributed by atoms with van der Waals surface area (Å²) < 4.78 is -1.00. The first-order valence-corrected chi connectivity index (χ1v) is 12.4. The third kappa shape index (κ3) is 4.22. The van der Waals surface area contributed by atoms with Gasteiger partial charge in [-0.15, -0.1) is 0 Å². The first kappa shape index (κ1) is 24.6. The number of carbonyl (C=O) groups is 1. The number of benzene rings is 3. The molecule has 0 radical (unpaired) electrons. The number of halogens is 2. The van der Waals surface area contributed by atoms with E-state index in [1.165, 1.54) is 0 Å². The fraction of sp³-hybridized carbons (Fsp3) is 0.269. The van der Waals surface area contributed by atoms with Crippen LogP contribution in [0, 0.1) is 5.92 Å². The Morgan fingerprint density at radius 3 is 1.40 bits per heavy atom.